The SMILES string of the molecule is COc1ccc(Cl)cc1-c1nnc(S/C(=C\c2cn(Cc3ccccc3C#N)c3ccccc23)C(=O)O)o1. The van der Waals surface area contributed by atoms with Crippen LogP contribution in [0.1, 0.15) is 16.7 Å². The van der Waals surface area contributed by atoms with Gasteiger partial charge in [0, 0.05) is 34.2 Å². The molecule has 3 aromatic carbocycles. The van der Waals surface area contributed by atoms with E-state index < -0.39 is 5.97 Å². The van der Waals surface area contributed by atoms with Gasteiger partial charge in [-0.15, -0.1) is 10.2 Å². The molecule has 10 heteroatoms. The van der Waals surface area contributed by atoms with E-state index >= 15 is 0 Å². The molecule has 1 N–H and O–H groups in total. The molecule has 5 rings (SSSR count). The van der Waals surface area contributed by atoms with E-state index in [4.69, 9.17) is 20.8 Å². The Balaban J connectivity index is 1.49. The van der Waals surface area contributed by atoms with Gasteiger partial charge in [0.05, 0.1) is 24.3 Å². The van der Waals surface area contributed by atoms with E-state index in [1.807, 2.05) is 53.2 Å². The Labute approximate surface area is 226 Å². The predicted octanol–water partition coefficient (Wildman–Crippen LogP) is 6.49. The fraction of sp³-hybridized carbons (Fsp3) is 0.0714. The third kappa shape index (κ3) is 5.13. The fourth-order valence-corrected chi connectivity index (χ4v) is 4.88. The van der Waals surface area contributed by atoms with Crippen LogP contribution in [-0.4, -0.2) is 33.0 Å². The quantitative estimate of drug-likeness (QED) is 0.175. The lowest BCUT2D eigenvalue weighted by molar-refractivity contribution is -0.131. The van der Waals surface area contributed by atoms with Crippen molar-refractivity contribution in [1.82, 2.24) is 14.8 Å². The van der Waals surface area contributed by atoms with Crippen molar-refractivity contribution < 1.29 is 19.1 Å². The van der Waals surface area contributed by atoms with Crippen LogP contribution >= 0.6 is 23.4 Å². The van der Waals surface area contributed by atoms with E-state index in [9.17, 15) is 15.2 Å². The van der Waals surface area contributed by atoms with Crippen molar-refractivity contribution >= 4 is 46.3 Å². The number of thioether (sulfide) groups is 1. The summed E-state index contributed by atoms with van der Waals surface area (Å²) in [5.41, 5.74) is 3.58. The molecule has 0 radical (unpaired) electrons. The molecule has 0 saturated heterocycles. The molecule has 0 amide bonds. The lowest BCUT2D eigenvalue weighted by atomic mass is 10.1. The highest BCUT2D eigenvalue weighted by molar-refractivity contribution is 8.03. The molecule has 0 aliphatic carbocycles. The largest absolute Gasteiger partial charge is 0.496 e. The number of carboxylic acids is 1. The summed E-state index contributed by atoms with van der Waals surface area (Å²) in [6, 6.07) is 22.3. The number of ether oxygens (including phenoxy) is 1. The van der Waals surface area contributed by atoms with Crippen LogP contribution < -0.4 is 4.74 Å². The van der Waals surface area contributed by atoms with Gasteiger partial charge in [-0.3, -0.25) is 0 Å². The number of halogens is 1. The molecule has 0 bridgehead atoms. The van der Waals surface area contributed by atoms with Crippen LogP contribution in [0.5, 0.6) is 5.75 Å². The summed E-state index contributed by atoms with van der Waals surface area (Å²) < 4.78 is 13.1. The van der Waals surface area contributed by atoms with Crippen molar-refractivity contribution in [2.24, 2.45) is 0 Å². The smallest absolute Gasteiger partial charge is 0.342 e. The maximum atomic E-state index is 12.2. The Morgan fingerprint density at radius 1 is 1.18 bits per heavy atom. The maximum Gasteiger partial charge on any atom is 0.342 e. The Bertz CT molecular complexity index is 1730. The first-order valence-electron chi connectivity index (χ1n) is 11.3. The third-order valence-electron chi connectivity index (χ3n) is 5.79. The molecular weight excluding hydrogens is 524 g/mol. The van der Waals surface area contributed by atoms with E-state index in [2.05, 4.69) is 16.3 Å². The van der Waals surface area contributed by atoms with Gasteiger partial charge < -0.3 is 18.8 Å². The summed E-state index contributed by atoms with van der Waals surface area (Å²) in [6.45, 7) is 0.460. The molecule has 0 aliphatic heterocycles. The number of hydrogen-bond acceptors (Lipinski definition) is 7. The summed E-state index contributed by atoms with van der Waals surface area (Å²) in [5, 5.41) is 28.9. The summed E-state index contributed by atoms with van der Waals surface area (Å²) >= 11 is 6.96. The first-order valence-corrected chi connectivity index (χ1v) is 12.5. The summed E-state index contributed by atoms with van der Waals surface area (Å²) in [4.78, 5) is 12.2. The zero-order valence-electron chi connectivity index (χ0n) is 20.0. The molecule has 0 atom stereocenters. The van der Waals surface area contributed by atoms with Gasteiger partial charge >= 0.3 is 5.97 Å². The van der Waals surface area contributed by atoms with Gasteiger partial charge in [-0.2, -0.15) is 5.26 Å². The normalized spacial score (nSPS) is 11.4. The van der Waals surface area contributed by atoms with Gasteiger partial charge in [0.15, 0.2) is 0 Å². The number of hydrogen-bond donors (Lipinski definition) is 1. The number of methoxy groups -OCH3 is 1. The van der Waals surface area contributed by atoms with Gasteiger partial charge in [0.1, 0.15) is 10.7 Å². The van der Waals surface area contributed by atoms with Crippen molar-refractivity contribution in [3.8, 4) is 23.3 Å². The molecule has 38 heavy (non-hydrogen) atoms. The number of carboxylic acid groups (broad SMARTS) is 1. The molecule has 0 aliphatic rings. The fourth-order valence-electron chi connectivity index (χ4n) is 4.05. The van der Waals surface area contributed by atoms with Gasteiger partial charge in [0.25, 0.3) is 11.1 Å². The monoisotopic (exact) mass is 542 g/mol. The molecule has 8 nitrogen and oxygen atoms in total. The van der Waals surface area contributed by atoms with E-state index in [0.29, 0.717) is 34.0 Å². The zero-order chi connectivity index (χ0) is 26.6. The lowest BCUT2D eigenvalue weighted by Crippen LogP contribution is -2.00. The van der Waals surface area contributed by atoms with Crippen molar-refractivity contribution in [1.29, 1.82) is 5.26 Å². The second kappa shape index (κ2) is 10.8. The average molecular weight is 543 g/mol. The first-order chi connectivity index (χ1) is 18.5. The third-order valence-corrected chi connectivity index (χ3v) is 6.88. The van der Waals surface area contributed by atoms with Crippen LogP contribution in [0.15, 0.2) is 87.5 Å². The Hall–Kier alpha value is -4.52. The van der Waals surface area contributed by atoms with Crippen LogP contribution in [0.2, 0.25) is 5.02 Å². The molecular formula is C28H19ClN4O4S. The first kappa shape index (κ1) is 25.1. The van der Waals surface area contributed by atoms with Crippen molar-refractivity contribution in [2.45, 2.75) is 11.8 Å². The summed E-state index contributed by atoms with van der Waals surface area (Å²) in [6.07, 6.45) is 3.45. The highest BCUT2D eigenvalue weighted by atomic mass is 35.5. The summed E-state index contributed by atoms with van der Waals surface area (Å²) in [5.74, 6) is -0.486. The van der Waals surface area contributed by atoms with Crippen molar-refractivity contribution in [3.63, 3.8) is 0 Å². The highest BCUT2D eigenvalue weighted by Gasteiger charge is 2.19. The standard InChI is InChI=1S/C28H19ClN4O4S/c1-36-24-11-10-20(29)13-22(24)26-31-32-28(37-26)38-25(27(34)35)12-19-16-33(23-9-5-4-8-21(19)23)15-18-7-3-2-6-17(18)14-30/h2-13,16H,15H2,1H3,(H,34,35)/b25-12-. The maximum absolute atomic E-state index is 12.2. The minimum absolute atomic E-state index is 0.00131. The molecule has 0 saturated carbocycles. The van der Waals surface area contributed by atoms with Crippen LogP contribution in [0.25, 0.3) is 28.4 Å². The topological polar surface area (TPSA) is 114 Å². The average Bonchev–Trinajstić information content (AvgIpc) is 3.53. The van der Waals surface area contributed by atoms with E-state index in [0.717, 1.165) is 28.2 Å². The molecule has 0 spiro atoms. The molecule has 0 unspecified atom stereocenters. The van der Waals surface area contributed by atoms with Crippen LogP contribution in [-0.2, 0) is 11.3 Å². The van der Waals surface area contributed by atoms with Crippen LogP contribution in [0, 0.1) is 11.3 Å². The van der Waals surface area contributed by atoms with Gasteiger partial charge in [-0.1, -0.05) is 48.0 Å². The number of aromatic nitrogens is 3. The summed E-state index contributed by atoms with van der Waals surface area (Å²) in [7, 11) is 1.51. The minimum atomic E-state index is -1.14. The molecule has 5 aromatic rings. The molecule has 2 heterocycles. The van der Waals surface area contributed by atoms with E-state index in [1.165, 1.54) is 7.11 Å². The molecule has 188 valence electrons. The Morgan fingerprint density at radius 2 is 1.97 bits per heavy atom. The van der Waals surface area contributed by atoms with Crippen molar-refractivity contribution in [3.05, 3.63) is 99.5 Å². The Kier molecular flexibility index (Phi) is 7.18. The Morgan fingerprint density at radius 3 is 2.76 bits per heavy atom. The number of nitriles is 1. The number of rotatable bonds is 8. The predicted molar refractivity (Wildman–Crippen MR) is 145 cm³/mol. The highest BCUT2D eigenvalue weighted by Crippen LogP contribution is 2.36. The number of aliphatic carboxylic acids is 1. The lowest BCUT2D eigenvalue weighted by Gasteiger charge is -2.07. The van der Waals surface area contributed by atoms with E-state index in [1.54, 1.807) is 30.3 Å². The van der Waals surface area contributed by atoms with Crippen LogP contribution in [0.4, 0.5) is 0 Å². The molecule has 2 aromatic heterocycles. The second-order valence-electron chi connectivity index (χ2n) is 8.13. The zero-order valence-corrected chi connectivity index (χ0v) is 21.5. The number of nitrogens with zero attached hydrogens (tertiary/aromatic N) is 4. The number of fused-ring (bicyclic) bond motifs is 1. The molecule has 0 fully saturated rings. The second-order valence-corrected chi connectivity index (χ2v) is 9.56. The van der Waals surface area contributed by atoms with E-state index in [-0.39, 0.29) is 16.0 Å². The number of carbonyl (C=O) groups is 1. The minimum Gasteiger partial charge on any atom is -0.496 e. The number of benzene rings is 3. The van der Waals surface area contributed by atoms with Crippen molar-refractivity contribution in [2.75, 3.05) is 7.11 Å². The van der Waals surface area contributed by atoms with Gasteiger partial charge in [-0.05, 0) is 53.7 Å². The van der Waals surface area contributed by atoms with Gasteiger partial charge in [-0.25, -0.2) is 4.79 Å². The van der Waals surface area contributed by atoms with Gasteiger partial charge in [0.2, 0.25) is 0 Å². The van der Waals surface area contributed by atoms with Crippen LogP contribution in [0.3, 0.4) is 0 Å². The number of para-hydroxylation sites is 1.